The Morgan fingerprint density at radius 2 is 2.12 bits per heavy atom. The van der Waals surface area contributed by atoms with Crippen molar-refractivity contribution in [3.63, 3.8) is 0 Å². The lowest BCUT2D eigenvalue weighted by atomic mass is 9.92. The molecule has 4 heteroatoms. The van der Waals surface area contributed by atoms with Crippen molar-refractivity contribution in [3.05, 3.63) is 47.5 Å². The molecule has 2 rings (SSSR count). The second-order valence-electron chi connectivity index (χ2n) is 3.91. The molecule has 0 bridgehead atoms. The molecule has 1 heterocycles. The Morgan fingerprint density at radius 3 is 2.59 bits per heavy atom. The highest BCUT2D eigenvalue weighted by Crippen LogP contribution is 2.32. The molecular formula is C13H11NO3. The van der Waals surface area contributed by atoms with Gasteiger partial charge in [0.25, 0.3) is 0 Å². The molecule has 4 nitrogen and oxygen atoms in total. The molecule has 1 aromatic carbocycles. The molecule has 0 unspecified atom stereocenters. The minimum Gasteiger partial charge on any atom is -0.462 e. The minimum atomic E-state index is -0.832. The highest BCUT2D eigenvalue weighted by Gasteiger charge is 2.34. The maximum absolute atomic E-state index is 11.1. The molecule has 0 aromatic heterocycles. The van der Waals surface area contributed by atoms with Crippen LogP contribution in [-0.2, 0) is 9.53 Å². The van der Waals surface area contributed by atoms with Crippen molar-refractivity contribution in [3.8, 4) is 6.07 Å². The van der Waals surface area contributed by atoms with Crippen LogP contribution in [0.1, 0.15) is 17.2 Å². The Bertz CT molecular complexity index is 498. The lowest BCUT2D eigenvalue weighted by Crippen LogP contribution is -2.14. The molecule has 0 amide bonds. The van der Waals surface area contributed by atoms with E-state index in [1.807, 2.05) is 6.07 Å². The van der Waals surface area contributed by atoms with E-state index in [0.29, 0.717) is 16.7 Å². The Hall–Kier alpha value is -2.12. The minimum absolute atomic E-state index is 0.152. The predicted octanol–water partition coefficient (Wildman–Crippen LogP) is 1.32. The number of carbonyl (C=O) groups excluding carboxylic acids is 1. The number of nitrogens with zero attached hydrogens (tertiary/aromatic N) is 1. The first-order valence-corrected chi connectivity index (χ1v) is 5.17. The summed E-state index contributed by atoms with van der Waals surface area (Å²) in [5, 5.41) is 18.8. The zero-order valence-corrected chi connectivity index (χ0v) is 9.09. The van der Waals surface area contributed by atoms with Gasteiger partial charge in [-0.2, -0.15) is 5.26 Å². The molecule has 1 aliphatic heterocycles. The molecule has 0 radical (unpaired) electrons. The molecule has 86 valence electrons. The van der Waals surface area contributed by atoms with Gasteiger partial charge < -0.3 is 9.84 Å². The van der Waals surface area contributed by atoms with E-state index in [0.717, 1.165) is 0 Å². The molecule has 17 heavy (non-hydrogen) atoms. The van der Waals surface area contributed by atoms with Crippen LogP contribution < -0.4 is 0 Å². The number of carbonyl (C=O) groups is 1. The van der Waals surface area contributed by atoms with Crippen LogP contribution in [-0.4, -0.2) is 17.7 Å². The Morgan fingerprint density at radius 1 is 1.47 bits per heavy atom. The number of benzene rings is 1. The molecule has 2 atom stereocenters. The van der Waals surface area contributed by atoms with Gasteiger partial charge in [-0.25, -0.2) is 4.79 Å². The molecule has 1 aromatic rings. The normalized spacial score (nSPS) is 20.8. The van der Waals surface area contributed by atoms with Crippen LogP contribution >= 0.6 is 0 Å². The van der Waals surface area contributed by atoms with E-state index in [-0.39, 0.29) is 6.61 Å². The fourth-order valence-corrected chi connectivity index (χ4v) is 1.78. The van der Waals surface area contributed by atoms with E-state index >= 15 is 0 Å². The average Bonchev–Trinajstić information content (AvgIpc) is 2.69. The zero-order valence-electron chi connectivity index (χ0n) is 9.09. The first-order chi connectivity index (χ1) is 8.13. The standard InChI is InChI=1S/C13H11NO3/c1-8-11(7-17-13(8)16)12(15)10-4-2-9(6-14)3-5-10/h2-5,11-12,15H,1,7H2/t11-,12+/m1/s1. The lowest BCUT2D eigenvalue weighted by Gasteiger charge is -2.16. The summed E-state index contributed by atoms with van der Waals surface area (Å²) in [7, 11) is 0. The SMILES string of the molecule is C=C1C(=O)OC[C@H]1[C@@H](O)c1ccc(C#N)cc1. The summed E-state index contributed by atoms with van der Waals surface area (Å²) in [5.74, 6) is -0.863. The van der Waals surface area contributed by atoms with Crippen LogP contribution in [0.3, 0.4) is 0 Å². The predicted molar refractivity (Wildman–Crippen MR) is 59.7 cm³/mol. The van der Waals surface area contributed by atoms with Crippen molar-refractivity contribution >= 4 is 5.97 Å². The Kier molecular flexibility index (Phi) is 2.94. The van der Waals surface area contributed by atoms with Gasteiger partial charge in [-0.15, -0.1) is 0 Å². The second-order valence-corrected chi connectivity index (χ2v) is 3.91. The fourth-order valence-electron chi connectivity index (χ4n) is 1.78. The maximum atomic E-state index is 11.1. The molecule has 0 aliphatic carbocycles. The van der Waals surface area contributed by atoms with Crippen LogP contribution in [0.5, 0.6) is 0 Å². The summed E-state index contributed by atoms with van der Waals surface area (Å²) in [4.78, 5) is 11.1. The number of ether oxygens (including phenoxy) is 1. The number of esters is 1. The highest BCUT2D eigenvalue weighted by molar-refractivity contribution is 5.90. The summed E-state index contributed by atoms with van der Waals surface area (Å²) in [6.45, 7) is 3.76. The molecule has 1 fully saturated rings. The summed E-state index contributed by atoms with van der Waals surface area (Å²) in [5.41, 5.74) is 1.47. The Balaban J connectivity index is 2.20. The molecule has 1 aliphatic rings. The van der Waals surface area contributed by atoms with Gasteiger partial charge in [0.15, 0.2) is 0 Å². The number of aliphatic hydroxyl groups excluding tert-OH is 1. The van der Waals surface area contributed by atoms with Crippen molar-refractivity contribution in [2.75, 3.05) is 6.61 Å². The van der Waals surface area contributed by atoms with Crippen molar-refractivity contribution in [1.29, 1.82) is 5.26 Å². The lowest BCUT2D eigenvalue weighted by molar-refractivity contribution is -0.135. The number of hydrogen-bond donors (Lipinski definition) is 1. The van der Waals surface area contributed by atoms with Crippen molar-refractivity contribution in [1.82, 2.24) is 0 Å². The third-order valence-corrected chi connectivity index (χ3v) is 2.87. The topological polar surface area (TPSA) is 70.3 Å². The summed E-state index contributed by atoms with van der Waals surface area (Å²) < 4.78 is 4.81. The highest BCUT2D eigenvalue weighted by atomic mass is 16.5. The first-order valence-electron chi connectivity index (χ1n) is 5.17. The van der Waals surface area contributed by atoms with Gasteiger partial charge in [0.1, 0.15) is 6.61 Å². The van der Waals surface area contributed by atoms with E-state index in [9.17, 15) is 9.90 Å². The molecule has 0 saturated carbocycles. The van der Waals surface area contributed by atoms with Crippen LogP contribution in [0.25, 0.3) is 0 Å². The quantitative estimate of drug-likeness (QED) is 0.613. The van der Waals surface area contributed by atoms with Gasteiger partial charge in [-0.3, -0.25) is 0 Å². The van der Waals surface area contributed by atoms with Gasteiger partial charge in [-0.05, 0) is 17.7 Å². The summed E-state index contributed by atoms with van der Waals surface area (Å²) in [6, 6.07) is 8.58. The summed E-state index contributed by atoms with van der Waals surface area (Å²) in [6.07, 6.45) is -0.832. The smallest absolute Gasteiger partial charge is 0.333 e. The van der Waals surface area contributed by atoms with Crippen molar-refractivity contribution < 1.29 is 14.6 Å². The van der Waals surface area contributed by atoms with E-state index < -0.39 is 18.0 Å². The Labute approximate surface area is 98.8 Å². The van der Waals surface area contributed by atoms with E-state index in [4.69, 9.17) is 10.00 Å². The molecule has 1 N–H and O–H groups in total. The van der Waals surface area contributed by atoms with Gasteiger partial charge in [0.2, 0.25) is 0 Å². The number of nitriles is 1. The van der Waals surface area contributed by atoms with Crippen LogP contribution in [0.2, 0.25) is 0 Å². The van der Waals surface area contributed by atoms with E-state index in [1.165, 1.54) is 0 Å². The first kappa shape index (κ1) is 11.4. The summed E-state index contributed by atoms with van der Waals surface area (Å²) >= 11 is 0. The fraction of sp³-hybridized carbons (Fsp3) is 0.231. The zero-order chi connectivity index (χ0) is 12.4. The van der Waals surface area contributed by atoms with Crippen LogP contribution in [0.15, 0.2) is 36.4 Å². The number of hydrogen-bond acceptors (Lipinski definition) is 4. The van der Waals surface area contributed by atoms with Crippen LogP contribution in [0.4, 0.5) is 0 Å². The van der Waals surface area contributed by atoms with Gasteiger partial charge >= 0.3 is 5.97 Å². The third-order valence-electron chi connectivity index (χ3n) is 2.87. The van der Waals surface area contributed by atoms with Gasteiger partial charge in [-0.1, -0.05) is 18.7 Å². The molecule has 1 saturated heterocycles. The number of aliphatic hydroxyl groups is 1. The molecule has 0 spiro atoms. The van der Waals surface area contributed by atoms with Crippen LogP contribution in [0, 0.1) is 17.2 Å². The molecular weight excluding hydrogens is 218 g/mol. The largest absolute Gasteiger partial charge is 0.462 e. The number of rotatable bonds is 2. The van der Waals surface area contributed by atoms with Gasteiger partial charge in [0, 0.05) is 5.57 Å². The van der Waals surface area contributed by atoms with Crippen molar-refractivity contribution in [2.24, 2.45) is 5.92 Å². The third kappa shape index (κ3) is 2.05. The monoisotopic (exact) mass is 229 g/mol. The second kappa shape index (κ2) is 4.40. The van der Waals surface area contributed by atoms with E-state index in [1.54, 1.807) is 24.3 Å². The average molecular weight is 229 g/mol. The van der Waals surface area contributed by atoms with Crippen molar-refractivity contribution in [2.45, 2.75) is 6.10 Å². The van der Waals surface area contributed by atoms with E-state index in [2.05, 4.69) is 6.58 Å². The maximum Gasteiger partial charge on any atom is 0.333 e. The van der Waals surface area contributed by atoms with Gasteiger partial charge in [0.05, 0.1) is 23.7 Å². The number of cyclic esters (lactones) is 1.